The Hall–Kier alpha value is -2.13. The van der Waals surface area contributed by atoms with Gasteiger partial charge in [0, 0.05) is 39.8 Å². The van der Waals surface area contributed by atoms with Gasteiger partial charge < -0.3 is 19.7 Å². The molecule has 1 saturated heterocycles. The molecular weight excluding hydrogens is 378 g/mol. The highest BCUT2D eigenvalue weighted by Gasteiger charge is 2.20. The van der Waals surface area contributed by atoms with Gasteiger partial charge >= 0.3 is 0 Å². The highest BCUT2D eigenvalue weighted by Crippen LogP contribution is 2.31. The van der Waals surface area contributed by atoms with Gasteiger partial charge in [0.1, 0.15) is 5.75 Å². The molecule has 0 radical (unpaired) electrons. The summed E-state index contributed by atoms with van der Waals surface area (Å²) in [6.07, 6.45) is 0. The molecule has 7 nitrogen and oxygen atoms in total. The normalized spacial score (nSPS) is 14.9. The third kappa shape index (κ3) is 5.02. The third-order valence-electron chi connectivity index (χ3n) is 4.69. The van der Waals surface area contributed by atoms with Crippen LogP contribution in [0.1, 0.15) is 11.1 Å². The van der Waals surface area contributed by atoms with E-state index in [0.717, 1.165) is 43.0 Å². The zero-order chi connectivity index (χ0) is 20.0. The van der Waals surface area contributed by atoms with E-state index in [9.17, 15) is 8.42 Å². The first-order valence-corrected chi connectivity index (χ1v) is 10.7. The second-order valence-corrected chi connectivity index (χ2v) is 8.42. The lowest BCUT2D eigenvalue weighted by Gasteiger charge is -2.30. The summed E-state index contributed by atoms with van der Waals surface area (Å²) in [6.45, 7) is 4.04. The fourth-order valence-electron chi connectivity index (χ4n) is 3.25. The van der Waals surface area contributed by atoms with E-state index in [2.05, 4.69) is 14.9 Å². The van der Waals surface area contributed by atoms with E-state index in [1.807, 2.05) is 24.3 Å². The summed E-state index contributed by atoms with van der Waals surface area (Å²) in [6, 6.07) is 12.7. The van der Waals surface area contributed by atoms with Gasteiger partial charge in [0.15, 0.2) is 0 Å². The van der Waals surface area contributed by atoms with Crippen LogP contribution in [-0.2, 0) is 27.9 Å². The highest BCUT2D eigenvalue weighted by atomic mass is 32.2. The third-order valence-corrected chi connectivity index (χ3v) is 6.09. The lowest BCUT2D eigenvalue weighted by atomic mass is 10.1. The van der Waals surface area contributed by atoms with Crippen LogP contribution < -0.4 is 19.7 Å². The van der Waals surface area contributed by atoms with E-state index < -0.39 is 10.0 Å². The Morgan fingerprint density at radius 1 is 1.07 bits per heavy atom. The van der Waals surface area contributed by atoms with Crippen molar-refractivity contribution in [2.45, 2.75) is 18.0 Å². The smallest absolute Gasteiger partial charge is 0.240 e. The number of methoxy groups -OCH3 is 2. The molecule has 0 bridgehead atoms. The van der Waals surface area contributed by atoms with E-state index in [0.29, 0.717) is 12.4 Å². The first-order valence-electron chi connectivity index (χ1n) is 9.23. The number of nitrogens with zero attached hydrogens (tertiary/aromatic N) is 1. The molecule has 0 saturated carbocycles. The average molecular weight is 406 g/mol. The van der Waals surface area contributed by atoms with E-state index in [4.69, 9.17) is 9.47 Å². The molecule has 0 aromatic heterocycles. The average Bonchev–Trinajstić information content (AvgIpc) is 2.73. The molecule has 2 aromatic rings. The van der Waals surface area contributed by atoms with Gasteiger partial charge in [0.25, 0.3) is 0 Å². The van der Waals surface area contributed by atoms with Crippen molar-refractivity contribution in [2.75, 3.05) is 45.3 Å². The number of rotatable bonds is 8. The zero-order valence-electron chi connectivity index (χ0n) is 16.3. The van der Waals surface area contributed by atoms with Gasteiger partial charge in [-0.05, 0) is 29.3 Å². The molecule has 3 rings (SSSR count). The maximum atomic E-state index is 12.8. The number of ether oxygens (including phenoxy) is 2. The summed E-state index contributed by atoms with van der Waals surface area (Å²) in [5, 5.41) is 3.30. The van der Waals surface area contributed by atoms with Gasteiger partial charge in [0.05, 0.1) is 24.3 Å². The van der Waals surface area contributed by atoms with Gasteiger partial charge in [-0.3, -0.25) is 0 Å². The summed E-state index contributed by atoms with van der Waals surface area (Å²) in [5.74, 6) is 0.674. The van der Waals surface area contributed by atoms with Crippen LogP contribution in [0, 0.1) is 0 Å². The Labute approximate surface area is 166 Å². The van der Waals surface area contributed by atoms with Gasteiger partial charge in [-0.1, -0.05) is 24.3 Å². The number of piperazine rings is 1. The molecular formula is C20H27N3O4S. The van der Waals surface area contributed by atoms with Crippen LogP contribution in [-0.4, -0.2) is 48.8 Å². The van der Waals surface area contributed by atoms with E-state index in [1.54, 1.807) is 32.4 Å². The molecule has 0 aliphatic carbocycles. The Balaban J connectivity index is 1.78. The highest BCUT2D eigenvalue weighted by molar-refractivity contribution is 7.89. The molecule has 28 heavy (non-hydrogen) atoms. The van der Waals surface area contributed by atoms with Crippen molar-refractivity contribution in [2.24, 2.45) is 0 Å². The minimum Gasteiger partial charge on any atom is -0.495 e. The summed E-state index contributed by atoms with van der Waals surface area (Å²) < 4.78 is 38.9. The van der Waals surface area contributed by atoms with Crippen molar-refractivity contribution in [3.63, 3.8) is 0 Å². The van der Waals surface area contributed by atoms with Crippen LogP contribution in [0.25, 0.3) is 0 Å². The summed E-state index contributed by atoms with van der Waals surface area (Å²) in [5.41, 5.74) is 2.69. The van der Waals surface area contributed by atoms with Crippen LogP contribution >= 0.6 is 0 Å². The summed E-state index contributed by atoms with van der Waals surface area (Å²) in [7, 11) is -0.417. The molecule has 1 aliphatic heterocycles. The first-order chi connectivity index (χ1) is 13.5. The molecule has 8 heteroatoms. The number of hydrogen-bond acceptors (Lipinski definition) is 6. The van der Waals surface area contributed by atoms with E-state index >= 15 is 0 Å². The fourth-order valence-corrected chi connectivity index (χ4v) is 4.28. The number of nitrogens with one attached hydrogen (secondary N) is 2. The molecule has 152 valence electrons. The standard InChI is InChI=1S/C20H27N3O4S/c1-26-15-17-5-3-4-16(12-17)14-22-28(24,25)18-6-7-20(27-2)19(13-18)23-10-8-21-9-11-23/h3-7,12-13,21-22H,8-11,14-15H2,1-2H3. The monoisotopic (exact) mass is 405 g/mol. The lowest BCUT2D eigenvalue weighted by Crippen LogP contribution is -2.43. The summed E-state index contributed by atoms with van der Waals surface area (Å²) >= 11 is 0. The second kappa shape index (κ2) is 9.38. The molecule has 1 aliphatic rings. The Morgan fingerprint density at radius 2 is 1.82 bits per heavy atom. The first kappa shape index (κ1) is 20.6. The molecule has 0 unspecified atom stereocenters. The van der Waals surface area contributed by atoms with Crippen molar-refractivity contribution >= 4 is 15.7 Å². The van der Waals surface area contributed by atoms with Crippen LogP contribution in [0.3, 0.4) is 0 Å². The number of hydrogen-bond donors (Lipinski definition) is 2. The van der Waals surface area contributed by atoms with E-state index in [1.165, 1.54) is 0 Å². The van der Waals surface area contributed by atoms with Crippen LogP contribution in [0.2, 0.25) is 0 Å². The molecule has 2 aromatic carbocycles. The maximum Gasteiger partial charge on any atom is 0.240 e. The molecule has 2 N–H and O–H groups in total. The largest absolute Gasteiger partial charge is 0.495 e. The van der Waals surface area contributed by atoms with Crippen molar-refractivity contribution < 1.29 is 17.9 Å². The molecule has 1 heterocycles. The number of sulfonamides is 1. The lowest BCUT2D eigenvalue weighted by molar-refractivity contribution is 0.185. The Kier molecular flexibility index (Phi) is 6.90. The van der Waals surface area contributed by atoms with Crippen LogP contribution in [0.5, 0.6) is 5.75 Å². The molecule has 1 fully saturated rings. The minimum atomic E-state index is -3.65. The maximum absolute atomic E-state index is 12.8. The van der Waals surface area contributed by atoms with E-state index in [-0.39, 0.29) is 11.4 Å². The van der Waals surface area contributed by atoms with Crippen molar-refractivity contribution in [3.8, 4) is 5.75 Å². The number of anilines is 1. The molecule has 0 spiro atoms. The predicted molar refractivity (Wildman–Crippen MR) is 109 cm³/mol. The number of benzene rings is 2. The van der Waals surface area contributed by atoms with Gasteiger partial charge in [0.2, 0.25) is 10.0 Å². The van der Waals surface area contributed by atoms with Crippen molar-refractivity contribution in [1.29, 1.82) is 0 Å². The Bertz CT molecular complexity index is 896. The zero-order valence-corrected chi connectivity index (χ0v) is 17.1. The van der Waals surface area contributed by atoms with Gasteiger partial charge in [-0.2, -0.15) is 0 Å². The Morgan fingerprint density at radius 3 is 2.54 bits per heavy atom. The van der Waals surface area contributed by atoms with Crippen LogP contribution in [0.15, 0.2) is 47.4 Å². The topological polar surface area (TPSA) is 79.9 Å². The summed E-state index contributed by atoms with van der Waals surface area (Å²) in [4.78, 5) is 2.37. The SMILES string of the molecule is COCc1cccc(CNS(=O)(=O)c2ccc(OC)c(N3CCNCC3)c2)c1. The second-order valence-electron chi connectivity index (χ2n) is 6.65. The fraction of sp³-hybridized carbons (Fsp3) is 0.400. The quantitative estimate of drug-likeness (QED) is 0.696. The predicted octanol–water partition coefficient (Wildman–Crippen LogP) is 1.73. The van der Waals surface area contributed by atoms with Gasteiger partial charge in [-0.15, -0.1) is 0 Å². The van der Waals surface area contributed by atoms with Crippen molar-refractivity contribution in [3.05, 3.63) is 53.6 Å². The molecule has 0 amide bonds. The molecule has 0 atom stereocenters. The van der Waals surface area contributed by atoms with Gasteiger partial charge in [-0.25, -0.2) is 13.1 Å². The minimum absolute atomic E-state index is 0.217. The van der Waals surface area contributed by atoms with Crippen LogP contribution in [0.4, 0.5) is 5.69 Å². The van der Waals surface area contributed by atoms with Crippen molar-refractivity contribution in [1.82, 2.24) is 10.0 Å².